The van der Waals surface area contributed by atoms with Crippen molar-refractivity contribution in [1.29, 1.82) is 0 Å². The molecule has 1 saturated heterocycles. The number of carbonyl (C=O) groups excluding carboxylic acids is 3. The number of hydrogen-bond donors (Lipinski definition) is 0. The second-order valence-corrected chi connectivity index (χ2v) is 4.70. The van der Waals surface area contributed by atoms with Crippen LogP contribution >= 0.6 is 0 Å². The van der Waals surface area contributed by atoms with E-state index in [1.165, 1.54) is 0 Å². The summed E-state index contributed by atoms with van der Waals surface area (Å²) in [6, 6.07) is -0.155. The maximum atomic E-state index is 11.9. The SMILES string of the molecule is CCCCOC(=O)CN1C(=O)CN(C2CC2)C1=O. The number of nitrogens with zero attached hydrogens (tertiary/aromatic N) is 2. The fourth-order valence-corrected chi connectivity index (χ4v) is 1.89. The highest BCUT2D eigenvalue weighted by atomic mass is 16.5. The van der Waals surface area contributed by atoms with Gasteiger partial charge in [-0.2, -0.15) is 0 Å². The molecule has 100 valence electrons. The van der Waals surface area contributed by atoms with Crippen molar-refractivity contribution in [3.05, 3.63) is 0 Å². The zero-order valence-electron chi connectivity index (χ0n) is 10.6. The van der Waals surface area contributed by atoms with Gasteiger partial charge in [-0.05, 0) is 19.3 Å². The number of rotatable bonds is 6. The number of unbranched alkanes of at least 4 members (excludes halogenated alkanes) is 1. The summed E-state index contributed by atoms with van der Waals surface area (Å²) in [5.74, 6) is -0.817. The van der Waals surface area contributed by atoms with E-state index >= 15 is 0 Å². The van der Waals surface area contributed by atoms with Crippen molar-refractivity contribution in [2.75, 3.05) is 19.7 Å². The topological polar surface area (TPSA) is 66.9 Å². The van der Waals surface area contributed by atoms with Gasteiger partial charge in [-0.3, -0.25) is 14.5 Å². The molecular formula is C12H18N2O4. The summed E-state index contributed by atoms with van der Waals surface area (Å²) in [5.41, 5.74) is 0. The Morgan fingerprint density at radius 2 is 2.11 bits per heavy atom. The van der Waals surface area contributed by atoms with Gasteiger partial charge in [-0.1, -0.05) is 13.3 Å². The quantitative estimate of drug-likeness (QED) is 0.398. The Kier molecular flexibility index (Phi) is 3.84. The van der Waals surface area contributed by atoms with Crippen molar-refractivity contribution < 1.29 is 19.1 Å². The molecule has 0 spiro atoms. The molecule has 0 atom stereocenters. The molecule has 0 aromatic rings. The monoisotopic (exact) mass is 254 g/mol. The van der Waals surface area contributed by atoms with E-state index in [-0.39, 0.29) is 31.1 Å². The summed E-state index contributed by atoms with van der Waals surface area (Å²) in [6.45, 7) is 2.18. The normalized spacial score (nSPS) is 19.6. The van der Waals surface area contributed by atoms with Gasteiger partial charge in [-0.15, -0.1) is 0 Å². The molecule has 18 heavy (non-hydrogen) atoms. The molecule has 0 aromatic heterocycles. The lowest BCUT2D eigenvalue weighted by Gasteiger charge is -2.15. The Bertz CT molecular complexity index is 365. The van der Waals surface area contributed by atoms with Crippen LogP contribution in [-0.4, -0.2) is 53.4 Å². The smallest absolute Gasteiger partial charge is 0.328 e. The van der Waals surface area contributed by atoms with E-state index in [2.05, 4.69) is 0 Å². The Hall–Kier alpha value is -1.59. The minimum absolute atomic E-state index is 0.103. The van der Waals surface area contributed by atoms with Crippen molar-refractivity contribution in [3.63, 3.8) is 0 Å². The maximum absolute atomic E-state index is 11.9. The summed E-state index contributed by atoms with van der Waals surface area (Å²) in [5, 5.41) is 0. The molecule has 1 heterocycles. The fraction of sp³-hybridized carbons (Fsp3) is 0.750. The molecule has 2 rings (SSSR count). The van der Waals surface area contributed by atoms with E-state index in [0.717, 1.165) is 30.6 Å². The lowest BCUT2D eigenvalue weighted by atomic mass is 10.4. The lowest BCUT2D eigenvalue weighted by molar-refractivity contribution is -0.146. The Balaban J connectivity index is 1.83. The highest BCUT2D eigenvalue weighted by Gasteiger charge is 2.44. The zero-order valence-corrected chi connectivity index (χ0v) is 10.6. The molecule has 2 aliphatic rings. The minimum atomic E-state index is -0.511. The molecule has 0 bridgehead atoms. The zero-order chi connectivity index (χ0) is 13.1. The molecule has 6 nitrogen and oxygen atoms in total. The van der Waals surface area contributed by atoms with E-state index in [4.69, 9.17) is 4.74 Å². The third-order valence-electron chi connectivity index (χ3n) is 3.12. The largest absolute Gasteiger partial charge is 0.464 e. The van der Waals surface area contributed by atoms with E-state index in [0.29, 0.717) is 6.61 Å². The Morgan fingerprint density at radius 1 is 1.39 bits per heavy atom. The van der Waals surface area contributed by atoms with E-state index < -0.39 is 5.97 Å². The van der Waals surface area contributed by atoms with Crippen LogP contribution in [0, 0.1) is 0 Å². The molecule has 0 aromatic carbocycles. The van der Waals surface area contributed by atoms with Gasteiger partial charge in [0.2, 0.25) is 0 Å². The highest BCUT2D eigenvalue weighted by Crippen LogP contribution is 2.30. The van der Waals surface area contributed by atoms with Crippen LogP contribution in [0.4, 0.5) is 4.79 Å². The third kappa shape index (κ3) is 2.80. The molecule has 0 unspecified atom stereocenters. The Labute approximate surface area is 106 Å². The predicted molar refractivity (Wildman–Crippen MR) is 62.7 cm³/mol. The van der Waals surface area contributed by atoms with Crippen LogP contribution < -0.4 is 0 Å². The molecule has 0 N–H and O–H groups in total. The number of amides is 3. The van der Waals surface area contributed by atoms with Gasteiger partial charge in [0, 0.05) is 6.04 Å². The summed E-state index contributed by atoms with van der Waals surface area (Å²) in [6.07, 6.45) is 3.63. The summed E-state index contributed by atoms with van der Waals surface area (Å²) < 4.78 is 4.95. The van der Waals surface area contributed by atoms with Crippen molar-refractivity contribution >= 4 is 17.9 Å². The first kappa shape index (κ1) is 12.9. The summed E-state index contributed by atoms with van der Waals surface area (Å²) in [7, 11) is 0. The molecule has 1 aliphatic heterocycles. The summed E-state index contributed by atoms with van der Waals surface area (Å²) in [4.78, 5) is 37.5. The molecular weight excluding hydrogens is 236 g/mol. The second-order valence-electron chi connectivity index (χ2n) is 4.70. The Morgan fingerprint density at radius 3 is 2.72 bits per heavy atom. The molecule has 3 amide bonds. The number of imide groups is 1. The van der Waals surface area contributed by atoms with Gasteiger partial charge in [0.05, 0.1) is 6.61 Å². The third-order valence-corrected chi connectivity index (χ3v) is 3.12. The van der Waals surface area contributed by atoms with Crippen LogP contribution in [0.15, 0.2) is 0 Å². The van der Waals surface area contributed by atoms with Gasteiger partial charge in [0.1, 0.15) is 13.1 Å². The summed E-state index contributed by atoms with van der Waals surface area (Å²) >= 11 is 0. The number of urea groups is 1. The maximum Gasteiger partial charge on any atom is 0.328 e. The van der Waals surface area contributed by atoms with Crippen LogP contribution in [0.2, 0.25) is 0 Å². The van der Waals surface area contributed by atoms with Gasteiger partial charge in [-0.25, -0.2) is 4.79 Å². The lowest BCUT2D eigenvalue weighted by Crippen LogP contribution is -2.38. The fourth-order valence-electron chi connectivity index (χ4n) is 1.89. The molecule has 0 radical (unpaired) electrons. The van der Waals surface area contributed by atoms with Gasteiger partial charge >= 0.3 is 12.0 Å². The standard InChI is InChI=1S/C12H18N2O4/c1-2-3-6-18-11(16)8-14-10(15)7-13(12(14)17)9-4-5-9/h9H,2-8H2,1H3. The minimum Gasteiger partial charge on any atom is -0.464 e. The molecule has 2 fully saturated rings. The number of carbonyl (C=O) groups is 3. The van der Waals surface area contributed by atoms with Crippen LogP contribution in [0.5, 0.6) is 0 Å². The molecule has 1 aliphatic carbocycles. The number of esters is 1. The number of ether oxygens (including phenoxy) is 1. The first-order valence-electron chi connectivity index (χ1n) is 6.40. The van der Waals surface area contributed by atoms with E-state index in [1.54, 1.807) is 4.90 Å². The average Bonchev–Trinajstić information content (AvgIpc) is 3.12. The number of hydrogen-bond acceptors (Lipinski definition) is 4. The first-order chi connectivity index (χ1) is 8.63. The van der Waals surface area contributed by atoms with Gasteiger partial charge < -0.3 is 9.64 Å². The molecule has 1 saturated carbocycles. The second kappa shape index (κ2) is 5.37. The van der Waals surface area contributed by atoms with Crippen LogP contribution in [-0.2, 0) is 14.3 Å². The van der Waals surface area contributed by atoms with Crippen molar-refractivity contribution in [1.82, 2.24) is 9.80 Å². The molecule has 6 heteroatoms. The van der Waals surface area contributed by atoms with E-state index in [9.17, 15) is 14.4 Å². The average molecular weight is 254 g/mol. The van der Waals surface area contributed by atoms with Crippen LogP contribution in [0.3, 0.4) is 0 Å². The van der Waals surface area contributed by atoms with Crippen molar-refractivity contribution in [3.8, 4) is 0 Å². The van der Waals surface area contributed by atoms with Gasteiger partial charge in [0.15, 0.2) is 0 Å². The van der Waals surface area contributed by atoms with Crippen molar-refractivity contribution in [2.24, 2.45) is 0 Å². The van der Waals surface area contributed by atoms with Crippen LogP contribution in [0.1, 0.15) is 32.6 Å². The highest BCUT2D eigenvalue weighted by molar-refractivity contribution is 6.04. The first-order valence-corrected chi connectivity index (χ1v) is 6.40. The van der Waals surface area contributed by atoms with E-state index in [1.807, 2.05) is 6.92 Å². The van der Waals surface area contributed by atoms with Crippen molar-refractivity contribution in [2.45, 2.75) is 38.6 Å². The predicted octanol–water partition coefficient (Wildman–Crippen LogP) is 0.756. The van der Waals surface area contributed by atoms with Crippen LogP contribution in [0.25, 0.3) is 0 Å². The van der Waals surface area contributed by atoms with Gasteiger partial charge in [0.25, 0.3) is 5.91 Å².